The molecule has 1 aliphatic rings. The maximum atomic E-state index is 11.4. The Kier molecular flexibility index (Phi) is 6.16. The van der Waals surface area contributed by atoms with Gasteiger partial charge in [0.15, 0.2) is 9.84 Å². The molecule has 6 nitrogen and oxygen atoms in total. The molecule has 0 unspecified atom stereocenters. The zero-order valence-corrected chi connectivity index (χ0v) is 19.6. The van der Waals surface area contributed by atoms with Crippen LogP contribution < -0.4 is 10.1 Å². The number of aromatic nitrogens is 1. The number of nitrogens with one attached hydrogen (secondary N) is 1. The van der Waals surface area contributed by atoms with Gasteiger partial charge in [-0.25, -0.2) is 8.42 Å². The number of nitrogens with zero attached hydrogens (tertiary/aromatic N) is 2. The Morgan fingerprint density at radius 2 is 1.91 bits per heavy atom. The van der Waals surface area contributed by atoms with Crippen LogP contribution in [0, 0.1) is 17.2 Å². The van der Waals surface area contributed by atoms with E-state index in [1.165, 1.54) is 19.1 Å². The summed E-state index contributed by atoms with van der Waals surface area (Å²) in [5.74, 6) is 1.20. The van der Waals surface area contributed by atoms with Crippen LogP contribution in [0.25, 0.3) is 22.2 Å². The van der Waals surface area contributed by atoms with Crippen molar-refractivity contribution in [1.82, 2.24) is 4.57 Å². The van der Waals surface area contributed by atoms with E-state index in [1.54, 1.807) is 0 Å². The average Bonchev–Trinajstić information content (AvgIpc) is 3.49. The Labute approximate surface area is 189 Å². The van der Waals surface area contributed by atoms with E-state index in [0.717, 1.165) is 34.4 Å². The van der Waals surface area contributed by atoms with Gasteiger partial charge >= 0.3 is 0 Å². The van der Waals surface area contributed by atoms with E-state index >= 15 is 0 Å². The molecule has 0 spiro atoms. The maximum Gasteiger partial charge on any atom is 0.150 e. The smallest absolute Gasteiger partial charge is 0.150 e. The first-order valence-corrected chi connectivity index (χ1v) is 13.0. The summed E-state index contributed by atoms with van der Waals surface area (Å²) >= 11 is 0. The number of ether oxygens (including phenoxy) is 1. The number of rotatable bonds is 9. The number of anilines is 1. The first-order chi connectivity index (χ1) is 15.2. The first kappa shape index (κ1) is 22.2. The van der Waals surface area contributed by atoms with E-state index in [2.05, 4.69) is 54.1 Å². The monoisotopic (exact) mass is 451 g/mol. The molecule has 3 aromatic rings. The van der Waals surface area contributed by atoms with Crippen molar-refractivity contribution in [3.63, 3.8) is 0 Å². The number of nitriles is 1. The molecule has 32 heavy (non-hydrogen) atoms. The fourth-order valence-electron chi connectivity index (χ4n) is 3.95. The highest BCUT2D eigenvalue weighted by atomic mass is 32.2. The lowest BCUT2D eigenvalue weighted by Crippen LogP contribution is -2.12. The lowest BCUT2D eigenvalue weighted by atomic mass is 10.1. The molecule has 1 aromatic heterocycles. The number of hydrogen-bond acceptors (Lipinski definition) is 5. The third-order valence-corrected chi connectivity index (χ3v) is 6.53. The summed E-state index contributed by atoms with van der Waals surface area (Å²) in [6.07, 6.45) is 3.60. The quantitative estimate of drug-likeness (QED) is 0.504. The zero-order valence-electron chi connectivity index (χ0n) is 18.8. The second-order valence-corrected chi connectivity index (χ2v) is 11.2. The van der Waals surface area contributed by atoms with Gasteiger partial charge in [0.05, 0.1) is 22.5 Å². The predicted octanol–water partition coefficient (Wildman–Crippen LogP) is 4.83. The summed E-state index contributed by atoms with van der Waals surface area (Å²) in [5.41, 5.74) is 4.59. The van der Waals surface area contributed by atoms with Crippen molar-refractivity contribution in [3.05, 3.63) is 48.0 Å². The highest BCUT2D eigenvalue weighted by Crippen LogP contribution is 2.39. The second-order valence-electron chi connectivity index (χ2n) is 8.92. The van der Waals surface area contributed by atoms with E-state index < -0.39 is 9.84 Å². The van der Waals surface area contributed by atoms with E-state index in [9.17, 15) is 13.7 Å². The molecule has 1 N–H and O–H groups in total. The lowest BCUT2D eigenvalue weighted by molar-refractivity contribution is 0.341. The highest BCUT2D eigenvalue weighted by Gasteiger charge is 2.26. The summed E-state index contributed by atoms with van der Waals surface area (Å²) in [6.45, 7) is 5.16. The van der Waals surface area contributed by atoms with Crippen molar-refractivity contribution in [3.8, 4) is 23.1 Å². The van der Waals surface area contributed by atoms with E-state index in [4.69, 9.17) is 4.74 Å². The minimum Gasteiger partial charge on any atom is -0.492 e. The highest BCUT2D eigenvalue weighted by molar-refractivity contribution is 7.90. The maximum absolute atomic E-state index is 11.4. The molecule has 1 aliphatic carbocycles. The molecule has 0 radical (unpaired) electrons. The fourth-order valence-corrected chi connectivity index (χ4v) is 4.34. The van der Waals surface area contributed by atoms with Gasteiger partial charge in [-0.15, -0.1) is 0 Å². The lowest BCUT2D eigenvalue weighted by Gasteiger charge is -2.13. The molecule has 4 rings (SSSR count). The van der Waals surface area contributed by atoms with Gasteiger partial charge in [-0.2, -0.15) is 5.26 Å². The zero-order chi connectivity index (χ0) is 22.9. The van der Waals surface area contributed by atoms with Crippen molar-refractivity contribution in [2.75, 3.05) is 23.9 Å². The van der Waals surface area contributed by atoms with Crippen LogP contribution in [0.5, 0.6) is 5.75 Å². The minimum absolute atomic E-state index is 0.0282. The van der Waals surface area contributed by atoms with E-state index in [1.807, 2.05) is 18.2 Å². The van der Waals surface area contributed by atoms with Crippen LogP contribution in [-0.4, -0.2) is 37.6 Å². The Hall–Kier alpha value is -2.98. The summed E-state index contributed by atoms with van der Waals surface area (Å²) in [5, 5.41) is 14.3. The Morgan fingerprint density at radius 1 is 1.19 bits per heavy atom. The predicted molar refractivity (Wildman–Crippen MR) is 129 cm³/mol. The van der Waals surface area contributed by atoms with Gasteiger partial charge in [-0.3, -0.25) is 0 Å². The van der Waals surface area contributed by atoms with Gasteiger partial charge in [0, 0.05) is 36.0 Å². The topological polar surface area (TPSA) is 84.1 Å². The normalized spacial score (nSPS) is 14.0. The van der Waals surface area contributed by atoms with Crippen LogP contribution >= 0.6 is 0 Å². The summed E-state index contributed by atoms with van der Waals surface area (Å²) in [7, 11) is -3.08. The van der Waals surface area contributed by atoms with Gasteiger partial charge in [0.2, 0.25) is 0 Å². The van der Waals surface area contributed by atoms with Gasteiger partial charge in [0.25, 0.3) is 0 Å². The van der Waals surface area contributed by atoms with Gasteiger partial charge in [0.1, 0.15) is 18.4 Å². The van der Waals surface area contributed by atoms with E-state index in [0.29, 0.717) is 23.3 Å². The van der Waals surface area contributed by atoms with Crippen molar-refractivity contribution in [1.29, 1.82) is 5.26 Å². The summed E-state index contributed by atoms with van der Waals surface area (Å²) < 4.78 is 30.8. The largest absolute Gasteiger partial charge is 0.492 e. The van der Waals surface area contributed by atoms with Gasteiger partial charge < -0.3 is 14.6 Å². The Bertz CT molecular complexity index is 1260. The molecule has 1 fully saturated rings. The molecule has 0 bridgehead atoms. The number of hydrogen-bond donors (Lipinski definition) is 1. The van der Waals surface area contributed by atoms with Gasteiger partial charge in [-0.1, -0.05) is 12.1 Å². The van der Waals surface area contributed by atoms with Crippen LogP contribution in [0.15, 0.2) is 42.5 Å². The number of benzene rings is 2. The third kappa shape index (κ3) is 5.08. The van der Waals surface area contributed by atoms with Crippen LogP contribution in [0.4, 0.5) is 5.69 Å². The SMILES string of the molecule is CC(C)Nc1ccc(-c2c(C#N)c3ccc(OCCS(C)(=O)=O)cc3n2CC2CC2)cc1. The number of fused-ring (bicyclic) bond motifs is 1. The standard InChI is InChI=1S/C25H29N3O3S/c1-17(2)27-20-8-6-19(7-9-20)25-23(15-26)22-11-10-21(31-12-13-32(3,29)30)14-24(22)28(25)16-18-4-5-18/h6-11,14,17-18,27H,4-5,12-13,16H2,1-3H3. The molecule has 1 heterocycles. The van der Waals surface area contributed by atoms with Crippen LogP contribution in [-0.2, 0) is 16.4 Å². The Morgan fingerprint density at radius 3 is 2.50 bits per heavy atom. The van der Waals surface area contributed by atoms with E-state index in [-0.39, 0.29) is 12.4 Å². The van der Waals surface area contributed by atoms with Crippen LogP contribution in [0.3, 0.4) is 0 Å². The molecule has 0 atom stereocenters. The third-order valence-electron chi connectivity index (χ3n) is 5.62. The fraction of sp³-hybridized carbons (Fsp3) is 0.400. The summed E-state index contributed by atoms with van der Waals surface area (Å²) in [4.78, 5) is 0. The number of sulfone groups is 1. The molecule has 7 heteroatoms. The minimum atomic E-state index is -3.08. The van der Waals surface area contributed by atoms with Crippen LogP contribution in [0.2, 0.25) is 0 Å². The van der Waals surface area contributed by atoms with Gasteiger partial charge in [-0.05, 0) is 62.4 Å². The molecule has 0 amide bonds. The Balaban J connectivity index is 1.76. The van der Waals surface area contributed by atoms with Crippen molar-refractivity contribution in [2.24, 2.45) is 5.92 Å². The molecule has 2 aromatic carbocycles. The van der Waals surface area contributed by atoms with Crippen LogP contribution in [0.1, 0.15) is 32.3 Å². The van der Waals surface area contributed by atoms with Crippen molar-refractivity contribution in [2.45, 2.75) is 39.3 Å². The second kappa shape index (κ2) is 8.87. The summed E-state index contributed by atoms with van der Waals surface area (Å²) in [6, 6.07) is 16.6. The molecular formula is C25H29N3O3S. The average molecular weight is 452 g/mol. The molecule has 168 valence electrons. The molecule has 0 saturated heterocycles. The molecular weight excluding hydrogens is 422 g/mol. The van der Waals surface area contributed by atoms with Crippen molar-refractivity contribution >= 4 is 26.4 Å². The molecule has 0 aliphatic heterocycles. The molecule has 1 saturated carbocycles. The first-order valence-electron chi connectivity index (χ1n) is 11.0. The van der Waals surface area contributed by atoms with Crippen molar-refractivity contribution < 1.29 is 13.2 Å².